The molecule has 0 saturated carbocycles. The third-order valence-corrected chi connectivity index (χ3v) is 6.68. The quantitative estimate of drug-likeness (QED) is 0.105. The molecule has 250 valence electrons. The number of urea groups is 1. The van der Waals surface area contributed by atoms with Crippen molar-refractivity contribution in [3.63, 3.8) is 0 Å². The highest BCUT2D eigenvalue weighted by molar-refractivity contribution is 6.00. The van der Waals surface area contributed by atoms with E-state index in [9.17, 15) is 27.6 Å². The second kappa shape index (κ2) is 14.8. The number of rotatable bonds is 10. The van der Waals surface area contributed by atoms with Gasteiger partial charge in [-0.1, -0.05) is 0 Å². The van der Waals surface area contributed by atoms with Gasteiger partial charge >= 0.3 is 12.2 Å². The number of aromatic nitrogens is 2. The van der Waals surface area contributed by atoms with Crippen molar-refractivity contribution in [3.8, 4) is 23.0 Å². The number of halogens is 3. The van der Waals surface area contributed by atoms with Gasteiger partial charge in [-0.15, -0.1) is 0 Å². The number of carbonyl (C=O) groups excluding carboxylic acids is 3. The Morgan fingerprint density at radius 1 is 0.592 bits per heavy atom. The first-order chi connectivity index (χ1) is 23.5. The Bertz CT molecular complexity index is 1970. The van der Waals surface area contributed by atoms with E-state index < -0.39 is 17.8 Å². The van der Waals surface area contributed by atoms with Crippen LogP contribution in [-0.2, 0) is 6.18 Å². The number of carbonyl (C=O) groups is 3. The number of alkyl halides is 3. The maximum atomic E-state index is 14.1. The van der Waals surface area contributed by atoms with Gasteiger partial charge in [-0.05, 0) is 78.9 Å². The van der Waals surface area contributed by atoms with Gasteiger partial charge in [0.1, 0.15) is 34.4 Å². The fourth-order valence-corrected chi connectivity index (χ4v) is 4.35. The molecule has 0 aliphatic carbocycles. The van der Waals surface area contributed by atoms with Gasteiger partial charge in [0.05, 0.1) is 11.3 Å². The molecular formula is C34H28F3N7O5. The molecule has 0 radical (unpaired) electrons. The predicted molar refractivity (Wildman–Crippen MR) is 176 cm³/mol. The molecule has 5 N–H and O–H groups in total. The monoisotopic (exact) mass is 671 g/mol. The van der Waals surface area contributed by atoms with Crippen LogP contribution in [0.2, 0.25) is 0 Å². The summed E-state index contributed by atoms with van der Waals surface area (Å²) in [4.78, 5) is 44.2. The molecule has 5 aromatic rings. The van der Waals surface area contributed by atoms with E-state index in [1.807, 2.05) is 0 Å². The Balaban J connectivity index is 1.20. The fraction of sp³-hybridized carbons (Fsp3) is 0.0882. The topological polar surface area (TPSA) is 156 Å². The summed E-state index contributed by atoms with van der Waals surface area (Å²) in [7, 11) is 2.96. The molecule has 0 bridgehead atoms. The highest BCUT2D eigenvalue weighted by Crippen LogP contribution is 2.38. The molecule has 2 heterocycles. The van der Waals surface area contributed by atoms with Gasteiger partial charge in [-0.25, -0.2) is 4.79 Å². The van der Waals surface area contributed by atoms with Crippen LogP contribution in [0.3, 0.4) is 0 Å². The van der Waals surface area contributed by atoms with Gasteiger partial charge in [0, 0.05) is 55.7 Å². The minimum atomic E-state index is -4.74. The summed E-state index contributed by atoms with van der Waals surface area (Å²) < 4.78 is 53.6. The molecule has 0 saturated heterocycles. The Kier molecular flexibility index (Phi) is 10.2. The Hall–Kier alpha value is -6.64. The molecule has 0 fully saturated rings. The molecule has 3 aromatic carbocycles. The van der Waals surface area contributed by atoms with Crippen LogP contribution in [0.15, 0.2) is 103 Å². The van der Waals surface area contributed by atoms with Crippen molar-refractivity contribution in [1.29, 1.82) is 0 Å². The number of benzene rings is 3. The zero-order chi connectivity index (χ0) is 35.0. The maximum Gasteiger partial charge on any atom is 0.418 e. The SMILES string of the molecule is CNC(=O)c1cc(Oc2ccc(NC(=O)Nc3ccc(Nc4ccc(Oc5ccnc(C(=O)NC)c5)cc4)c(C(F)(F)F)c3)cc2)ccn1. The molecule has 49 heavy (non-hydrogen) atoms. The van der Waals surface area contributed by atoms with Crippen molar-refractivity contribution < 1.29 is 37.0 Å². The zero-order valence-corrected chi connectivity index (χ0v) is 25.9. The lowest BCUT2D eigenvalue weighted by atomic mass is 10.1. The second-order valence-electron chi connectivity index (χ2n) is 10.1. The van der Waals surface area contributed by atoms with Crippen LogP contribution in [0.25, 0.3) is 0 Å². The first-order valence-corrected chi connectivity index (χ1v) is 14.5. The van der Waals surface area contributed by atoms with Gasteiger partial charge in [0.15, 0.2) is 0 Å². The summed E-state index contributed by atoms with van der Waals surface area (Å²) >= 11 is 0. The lowest BCUT2D eigenvalue weighted by Crippen LogP contribution is -2.20. The molecule has 5 rings (SSSR count). The minimum absolute atomic E-state index is 0.0860. The van der Waals surface area contributed by atoms with Crippen molar-refractivity contribution >= 4 is 40.6 Å². The highest BCUT2D eigenvalue weighted by Gasteiger charge is 2.34. The van der Waals surface area contributed by atoms with Crippen LogP contribution in [0.5, 0.6) is 23.0 Å². The molecule has 2 aromatic heterocycles. The second-order valence-corrected chi connectivity index (χ2v) is 10.1. The minimum Gasteiger partial charge on any atom is -0.457 e. The first kappa shape index (κ1) is 33.7. The van der Waals surface area contributed by atoms with E-state index in [2.05, 4.69) is 36.6 Å². The largest absolute Gasteiger partial charge is 0.457 e. The summed E-state index contributed by atoms with van der Waals surface area (Å²) in [5.41, 5.74) is -0.282. The van der Waals surface area contributed by atoms with E-state index in [1.165, 1.54) is 62.9 Å². The number of amides is 4. The van der Waals surface area contributed by atoms with E-state index in [1.54, 1.807) is 48.5 Å². The average Bonchev–Trinajstić information content (AvgIpc) is 3.09. The van der Waals surface area contributed by atoms with Gasteiger partial charge < -0.3 is 36.1 Å². The number of pyridine rings is 2. The van der Waals surface area contributed by atoms with Crippen LogP contribution >= 0.6 is 0 Å². The molecule has 0 aliphatic heterocycles. The third-order valence-electron chi connectivity index (χ3n) is 6.68. The van der Waals surface area contributed by atoms with E-state index >= 15 is 0 Å². The van der Waals surface area contributed by atoms with Crippen LogP contribution in [-0.4, -0.2) is 41.9 Å². The summed E-state index contributed by atoms with van der Waals surface area (Å²) in [5.74, 6) is 0.761. The van der Waals surface area contributed by atoms with E-state index in [4.69, 9.17) is 9.47 Å². The number of hydrogen-bond donors (Lipinski definition) is 5. The molecule has 0 atom stereocenters. The first-order valence-electron chi connectivity index (χ1n) is 14.5. The van der Waals surface area contributed by atoms with E-state index in [0.717, 1.165) is 6.07 Å². The Morgan fingerprint density at radius 3 is 1.55 bits per heavy atom. The molecule has 0 spiro atoms. The van der Waals surface area contributed by atoms with Crippen molar-refractivity contribution in [2.45, 2.75) is 6.18 Å². The summed E-state index contributed by atoms with van der Waals surface area (Å²) in [6, 6.07) is 21.1. The highest BCUT2D eigenvalue weighted by atomic mass is 19.4. The smallest absolute Gasteiger partial charge is 0.418 e. The molecule has 4 amide bonds. The van der Waals surface area contributed by atoms with Crippen molar-refractivity contribution in [1.82, 2.24) is 20.6 Å². The molecule has 0 aliphatic rings. The zero-order valence-electron chi connectivity index (χ0n) is 25.9. The lowest BCUT2D eigenvalue weighted by molar-refractivity contribution is -0.136. The maximum absolute atomic E-state index is 14.1. The summed E-state index contributed by atoms with van der Waals surface area (Å²) in [6.45, 7) is 0. The molecular weight excluding hydrogens is 643 g/mol. The molecule has 15 heteroatoms. The standard InChI is InChI=1S/C34H28F3N7O5/c1-38-31(45)29-18-25(13-15-40-29)48-23-8-3-20(4-9-23)42-28-12-7-22(17-27(28)34(35,36)37)44-33(47)43-21-5-10-24(11-6-21)49-26-14-16-41-30(19-26)32(46)39-2/h3-19,42H,1-2H3,(H,38,45)(H,39,46)(H2,43,44,47). The summed E-state index contributed by atoms with van der Waals surface area (Å²) in [6.07, 6.45) is -1.89. The number of hydrogen-bond acceptors (Lipinski definition) is 8. The number of ether oxygens (including phenoxy) is 2. The third kappa shape index (κ3) is 9.00. The number of nitrogens with zero attached hydrogens (tertiary/aromatic N) is 2. The number of anilines is 4. The van der Waals surface area contributed by atoms with Gasteiger partial charge in [-0.3, -0.25) is 19.6 Å². The van der Waals surface area contributed by atoms with E-state index in [-0.39, 0.29) is 34.6 Å². The van der Waals surface area contributed by atoms with Crippen LogP contribution in [0, 0.1) is 0 Å². The molecule has 12 nitrogen and oxygen atoms in total. The summed E-state index contributed by atoms with van der Waals surface area (Å²) in [5, 5.41) is 12.7. The average molecular weight is 672 g/mol. The lowest BCUT2D eigenvalue weighted by Gasteiger charge is -2.17. The Morgan fingerprint density at radius 2 is 1.06 bits per heavy atom. The fourth-order valence-electron chi connectivity index (χ4n) is 4.35. The normalized spacial score (nSPS) is 10.8. The van der Waals surface area contributed by atoms with Gasteiger partial charge in [-0.2, -0.15) is 13.2 Å². The van der Waals surface area contributed by atoms with Gasteiger partial charge in [0.25, 0.3) is 11.8 Å². The van der Waals surface area contributed by atoms with Crippen LogP contribution in [0.4, 0.5) is 40.7 Å². The van der Waals surface area contributed by atoms with Crippen molar-refractivity contribution in [3.05, 3.63) is 120 Å². The van der Waals surface area contributed by atoms with Crippen LogP contribution in [0.1, 0.15) is 26.5 Å². The molecule has 0 unspecified atom stereocenters. The van der Waals surface area contributed by atoms with Crippen LogP contribution < -0.4 is 36.1 Å². The predicted octanol–water partition coefficient (Wildman–Crippen LogP) is 7.19. The number of nitrogens with one attached hydrogen (secondary N) is 5. The van der Waals surface area contributed by atoms with Gasteiger partial charge in [0.2, 0.25) is 0 Å². The van der Waals surface area contributed by atoms with Crippen molar-refractivity contribution in [2.75, 3.05) is 30.0 Å². The Labute approximate surface area is 277 Å². The van der Waals surface area contributed by atoms with E-state index in [0.29, 0.717) is 34.4 Å². The van der Waals surface area contributed by atoms with Crippen molar-refractivity contribution in [2.24, 2.45) is 0 Å².